The van der Waals surface area contributed by atoms with Crippen molar-refractivity contribution in [2.24, 2.45) is 10.2 Å². The molecule has 0 heterocycles. The maximum atomic E-state index is 11.4. The Balaban J connectivity index is 0.000000584. The second-order valence-electron chi connectivity index (χ2n) is 5.76. The molecule has 10 nitrogen and oxygen atoms in total. The Morgan fingerprint density at radius 1 is 0.875 bits per heavy atom. The fourth-order valence-corrected chi connectivity index (χ4v) is 2.24. The van der Waals surface area contributed by atoms with Crippen molar-refractivity contribution >= 4 is 11.9 Å². The molecule has 2 aliphatic rings. The standard InChI is InChI=1S/C11H12N3O2.C10H10N3O2.Fe/c1-3-16-11(15)10(13-14-12)7-9-6-4-5-8(9)2;1-2-15-10(14)9(12-13-11)7-8-5-3-4-6-8;/h4-7H,3H2,1-2H3;3-7H,2H2,1H3;/b10-7-;9-7-;. The Labute approximate surface area is 199 Å². The second-order valence-corrected chi connectivity index (χ2v) is 5.76. The van der Waals surface area contributed by atoms with Gasteiger partial charge in [-0.3, -0.25) is 0 Å². The summed E-state index contributed by atoms with van der Waals surface area (Å²) in [5, 5.41) is 6.61. The summed E-state index contributed by atoms with van der Waals surface area (Å²) in [6.07, 6.45) is 15.9. The largest absolute Gasteiger partial charge is 0.462 e. The number of azide groups is 2. The van der Waals surface area contributed by atoms with Crippen molar-refractivity contribution in [2.45, 2.75) is 20.8 Å². The molecule has 0 saturated heterocycles. The van der Waals surface area contributed by atoms with Crippen LogP contribution in [0.5, 0.6) is 0 Å². The van der Waals surface area contributed by atoms with Crippen molar-refractivity contribution in [3.8, 4) is 0 Å². The molecule has 32 heavy (non-hydrogen) atoms. The van der Waals surface area contributed by atoms with Crippen LogP contribution in [0.15, 0.2) is 33.8 Å². The van der Waals surface area contributed by atoms with Gasteiger partial charge in [0.1, 0.15) is 11.4 Å². The molecule has 0 aromatic rings. The summed E-state index contributed by atoms with van der Waals surface area (Å²) in [4.78, 5) is 27.9. The van der Waals surface area contributed by atoms with E-state index in [1.54, 1.807) is 26.7 Å². The molecule has 2 saturated carbocycles. The molecular formula is C21H22FeN6O4. The summed E-state index contributed by atoms with van der Waals surface area (Å²) in [7, 11) is 0. The Kier molecular flexibility index (Phi) is 15.8. The van der Waals surface area contributed by atoms with Gasteiger partial charge >= 0.3 is 11.9 Å². The maximum Gasteiger partial charge on any atom is 0.340 e. The van der Waals surface area contributed by atoms with Crippen molar-refractivity contribution in [1.29, 1.82) is 0 Å². The van der Waals surface area contributed by atoms with Gasteiger partial charge in [-0.1, -0.05) is 29.3 Å². The van der Waals surface area contributed by atoms with Gasteiger partial charge in [-0.2, -0.15) is 0 Å². The number of esters is 2. The van der Waals surface area contributed by atoms with Crippen molar-refractivity contribution in [3.63, 3.8) is 0 Å². The summed E-state index contributed by atoms with van der Waals surface area (Å²) in [6.45, 7) is 5.79. The molecule has 0 bridgehead atoms. The van der Waals surface area contributed by atoms with E-state index in [0.717, 1.165) is 17.8 Å². The third-order valence-corrected chi connectivity index (χ3v) is 3.64. The van der Waals surface area contributed by atoms with Crippen LogP contribution < -0.4 is 0 Å². The van der Waals surface area contributed by atoms with E-state index in [4.69, 9.17) is 20.5 Å². The number of hydrogen-bond donors (Lipinski definition) is 0. The van der Waals surface area contributed by atoms with Crippen molar-refractivity contribution in [2.75, 3.05) is 13.2 Å². The summed E-state index contributed by atoms with van der Waals surface area (Å²) in [5.41, 5.74) is 16.6. The van der Waals surface area contributed by atoms with Gasteiger partial charge in [0.15, 0.2) is 0 Å². The van der Waals surface area contributed by atoms with Crippen molar-refractivity contribution < 1.29 is 36.1 Å². The van der Waals surface area contributed by atoms with E-state index in [1.807, 2.05) is 39.0 Å². The first-order valence-electron chi connectivity index (χ1n) is 9.28. The molecule has 2 rings (SSSR count). The summed E-state index contributed by atoms with van der Waals surface area (Å²) in [5.74, 6) is 1.42. The monoisotopic (exact) mass is 478 g/mol. The first kappa shape index (κ1) is 29.6. The zero-order chi connectivity index (χ0) is 23.1. The van der Waals surface area contributed by atoms with Gasteiger partial charge < -0.3 is 9.47 Å². The van der Waals surface area contributed by atoms with Crippen LogP contribution in [0.2, 0.25) is 0 Å². The number of ether oxygens (including phenoxy) is 2. The fraction of sp³-hybridized carbons (Fsp3) is 0.238. The zero-order valence-electron chi connectivity index (χ0n) is 17.8. The van der Waals surface area contributed by atoms with Crippen LogP contribution in [-0.2, 0) is 36.1 Å². The van der Waals surface area contributed by atoms with Crippen LogP contribution >= 0.6 is 0 Å². The van der Waals surface area contributed by atoms with E-state index in [-0.39, 0.29) is 41.7 Å². The number of nitrogens with zero attached hydrogens (tertiary/aromatic N) is 6. The van der Waals surface area contributed by atoms with Crippen LogP contribution in [0.4, 0.5) is 0 Å². The molecule has 0 spiro atoms. The van der Waals surface area contributed by atoms with Crippen LogP contribution in [0, 0.1) is 62.7 Å². The van der Waals surface area contributed by atoms with E-state index in [0.29, 0.717) is 0 Å². The number of allylic oxidation sites excluding steroid dienone is 2. The van der Waals surface area contributed by atoms with E-state index < -0.39 is 11.9 Å². The predicted octanol–water partition coefficient (Wildman–Crippen LogP) is 4.69. The smallest absolute Gasteiger partial charge is 0.340 e. The van der Waals surface area contributed by atoms with Crippen molar-refractivity contribution in [1.82, 2.24) is 0 Å². The quantitative estimate of drug-likeness (QED) is 0.124. The number of carbonyl (C=O) groups excluding carboxylic acids is 2. The average Bonchev–Trinajstić information content (AvgIpc) is 3.40. The molecule has 0 aliphatic heterocycles. The topological polar surface area (TPSA) is 150 Å². The predicted molar refractivity (Wildman–Crippen MR) is 113 cm³/mol. The van der Waals surface area contributed by atoms with Crippen LogP contribution in [0.1, 0.15) is 20.8 Å². The van der Waals surface area contributed by atoms with Crippen LogP contribution in [0.25, 0.3) is 20.9 Å². The molecule has 11 heteroatoms. The molecule has 10 radical (unpaired) electrons. The molecule has 0 aromatic carbocycles. The maximum absolute atomic E-state index is 11.4. The van der Waals surface area contributed by atoms with E-state index >= 15 is 0 Å². The minimum Gasteiger partial charge on any atom is -0.462 e. The van der Waals surface area contributed by atoms with E-state index in [9.17, 15) is 9.59 Å². The van der Waals surface area contributed by atoms with Gasteiger partial charge in [-0.15, -0.1) is 0 Å². The van der Waals surface area contributed by atoms with E-state index in [1.165, 1.54) is 12.2 Å². The first-order valence-corrected chi connectivity index (χ1v) is 9.28. The van der Waals surface area contributed by atoms with E-state index in [2.05, 4.69) is 20.1 Å². The second kappa shape index (κ2) is 17.2. The Morgan fingerprint density at radius 2 is 1.38 bits per heavy atom. The summed E-state index contributed by atoms with van der Waals surface area (Å²) < 4.78 is 9.51. The Bertz CT molecular complexity index is 766. The molecule has 0 aromatic heterocycles. The molecule has 2 fully saturated rings. The van der Waals surface area contributed by atoms with Gasteiger partial charge in [-0.05, 0) is 75.8 Å². The summed E-state index contributed by atoms with van der Waals surface area (Å²) in [6, 6.07) is 0. The Morgan fingerprint density at radius 3 is 1.78 bits per heavy atom. The van der Waals surface area contributed by atoms with Gasteiger partial charge in [0.2, 0.25) is 0 Å². The minimum atomic E-state index is -0.614. The minimum absolute atomic E-state index is 0. The SMILES string of the molecule is CCOC(=O)/C(=C/[C]1[CH][CH][CH][CH]1)N=[N+]=[N-].CCOC(=O)/C(=C/[C]1[CH][CH][CH][C]1C)N=[N+]=[N-].[Fe]. The summed E-state index contributed by atoms with van der Waals surface area (Å²) >= 11 is 0. The van der Waals surface area contributed by atoms with Gasteiger partial charge in [0.05, 0.1) is 13.2 Å². The normalized spacial score (nSPS) is 17.2. The van der Waals surface area contributed by atoms with Gasteiger partial charge in [0.25, 0.3) is 0 Å². The Hall–Kier alpha value is -2.44. The number of hydrogen-bond acceptors (Lipinski definition) is 6. The van der Waals surface area contributed by atoms with Gasteiger partial charge in [0, 0.05) is 38.7 Å². The molecular weight excluding hydrogens is 456 g/mol. The fourth-order valence-electron chi connectivity index (χ4n) is 2.24. The number of rotatable bonds is 8. The molecule has 2 aliphatic carbocycles. The molecule has 0 amide bonds. The average molecular weight is 478 g/mol. The van der Waals surface area contributed by atoms with Crippen LogP contribution in [-0.4, -0.2) is 25.2 Å². The van der Waals surface area contributed by atoms with Crippen molar-refractivity contribution in [3.05, 3.63) is 107 Å². The first-order chi connectivity index (χ1) is 15.0. The molecule has 168 valence electrons. The molecule has 0 N–H and O–H groups in total. The molecule has 0 unspecified atom stereocenters. The number of carbonyl (C=O) groups is 2. The third kappa shape index (κ3) is 10.7. The van der Waals surface area contributed by atoms with Crippen LogP contribution in [0.3, 0.4) is 0 Å². The third-order valence-electron chi connectivity index (χ3n) is 3.64. The molecule has 0 atom stereocenters. The zero-order valence-corrected chi connectivity index (χ0v) is 18.9. The van der Waals surface area contributed by atoms with Gasteiger partial charge in [-0.25, -0.2) is 9.59 Å².